The molecule has 7 nitrogen and oxygen atoms in total. The number of alkyl carbamates (subject to hydrolysis) is 1. The predicted octanol–water partition coefficient (Wildman–Crippen LogP) is 4.72. The number of hydrogen-bond donors (Lipinski definition) is 3. The number of benzene rings is 2. The highest BCUT2D eigenvalue weighted by molar-refractivity contribution is 5.85. The first-order chi connectivity index (χ1) is 16.8. The maximum absolute atomic E-state index is 12.8. The van der Waals surface area contributed by atoms with E-state index in [1.54, 1.807) is 6.08 Å². The van der Waals surface area contributed by atoms with Crippen molar-refractivity contribution in [2.45, 2.75) is 45.1 Å². The average Bonchev–Trinajstić information content (AvgIpc) is 3.16. The molecule has 0 spiro atoms. The van der Waals surface area contributed by atoms with Crippen LogP contribution in [-0.4, -0.2) is 42.3 Å². The monoisotopic (exact) mass is 478 g/mol. The minimum Gasteiger partial charge on any atom is -0.480 e. The van der Waals surface area contributed by atoms with Gasteiger partial charge in [-0.3, -0.25) is 4.79 Å². The highest BCUT2D eigenvalue weighted by atomic mass is 16.5. The summed E-state index contributed by atoms with van der Waals surface area (Å²) in [7, 11) is 0. The zero-order valence-electron chi connectivity index (χ0n) is 20.3. The van der Waals surface area contributed by atoms with Crippen molar-refractivity contribution in [1.29, 1.82) is 0 Å². The van der Waals surface area contributed by atoms with Gasteiger partial charge in [-0.15, -0.1) is 6.58 Å². The van der Waals surface area contributed by atoms with E-state index in [0.29, 0.717) is 12.8 Å². The van der Waals surface area contributed by atoms with E-state index in [4.69, 9.17) is 4.74 Å². The summed E-state index contributed by atoms with van der Waals surface area (Å²) in [5.74, 6) is -1.92. The lowest BCUT2D eigenvalue weighted by Gasteiger charge is -2.22. The highest BCUT2D eigenvalue weighted by Crippen LogP contribution is 2.44. The van der Waals surface area contributed by atoms with E-state index >= 15 is 0 Å². The molecule has 2 amide bonds. The van der Waals surface area contributed by atoms with Gasteiger partial charge >= 0.3 is 12.1 Å². The molecule has 0 fully saturated rings. The van der Waals surface area contributed by atoms with Crippen LogP contribution in [0.4, 0.5) is 4.79 Å². The molecule has 0 saturated carbocycles. The van der Waals surface area contributed by atoms with Crippen LogP contribution in [0.2, 0.25) is 0 Å². The van der Waals surface area contributed by atoms with E-state index < -0.39 is 29.9 Å². The van der Waals surface area contributed by atoms with Crippen molar-refractivity contribution in [3.05, 3.63) is 72.3 Å². The van der Waals surface area contributed by atoms with Crippen LogP contribution in [0.15, 0.2) is 61.2 Å². The van der Waals surface area contributed by atoms with Gasteiger partial charge in [0.1, 0.15) is 12.6 Å². The van der Waals surface area contributed by atoms with E-state index in [-0.39, 0.29) is 31.4 Å². The number of carboxylic acids is 1. The number of ether oxygens (including phenoxy) is 1. The van der Waals surface area contributed by atoms with Crippen molar-refractivity contribution in [3.8, 4) is 11.1 Å². The molecule has 0 saturated heterocycles. The molecule has 2 aromatic rings. The Morgan fingerprint density at radius 2 is 1.66 bits per heavy atom. The Morgan fingerprint density at radius 3 is 2.20 bits per heavy atom. The first-order valence-electron chi connectivity index (χ1n) is 12.0. The second-order valence-corrected chi connectivity index (χ2v) is 9.30. The van der Waals surface area contributed by atoms with E-state index in [1.165, 1.54) is 0 Å². The van der Waals surface area contributed by atoms with Crippen LogP contribution in [0, 0.1) is 11.8 Å². The van der Waals surface area contributed by atoms with Gasteiger partial charge in [-0.25, -0.2) is 9.59 Å². The maximum atomic E-state index is 12.8. The van der Waals surface area contributed by atoms with Crippen LogP contribution in [0.25, 0.3) is 11.1 Å². The Bertz CT molecular complexity index is 1020. The van der Waals surface area contributed by atoms with Crippen LogP contribution in [0.3, 0.4) is 0 Å². The van der Waals surface area contributed by atoms with Crippen LogP contribution in [-0.2, 0) is 14.3 Å². The molecule has 3 rings (SSSR count). The third-order valence-electron chi connectivity index (χ3n) is 6.24. The zero-order chi connectivity index (χ0) is 25.4. The molecule has 1 aliphatic carbocycles. The molecule has 3 N–H and O–H groups in total. The summed E-state index contributed by atoms with van der Waals surface area (Å²) in [6.07, 6.45) is 2.26. The largest absolute Gasteiger partial charge is 0.480 e. The standard InChI is InChI=1S/C28H34N2O5/c1-4-5-14-25(27(32)33)30-26(31)19(15-18(2)3)16-29-28(34)35-17-24-22-12-8-6-10-20(22)21-11-7-9-13-23(21)24/h4,6-13,18-19,24-25H,1,5,14-17H2,2-3H3,(H,29,34)(H,30,31)(H,32,33). The van der Waals surface area contributed by atoms with Crippen molar-refractivity contribution in [2.24, 2.45) is 11.8 Å². The summed E-state index contributed by atoms with van der Waals surface area (Å²) in [6.45, 7) is 7.79. The highest BCUT2D eigenvalue weighted by Gasteiger charge is 2.30. The number of aliphatic carboxylic acids is 1. The topological polar surface area (TPSA) is 105 Å². The fraction of sp³-hybridized carbons (Fsp3) is 0.393. The predicted molar refractivity (Wildman–Crippen MR) is 135 cm³/mol. The third kappa shape index (κ3) is 6.72. The molecule has 1 aliphatic rings. The minimum absolute atomic E-state index is 0.0518. The van der Waals surface area contributed by atoms with Crippen molar-refractivity contribution in [3.63, 3.8) is 0 Å². The molecule has 0 bridgehead atoms. The second-order valence-electron chi connectivity index (χ2n) is 9.30. The minimum atomic E-state index is -1.09. The van der Waals surface area contributed by atoms with Gasteiger partial charge in [0.05, 0.1) is 5.92 Å². The fourth-order valence-corrected chi connectivity index (χ4v) is 4.54. The van der Waals surface area contributed by atoms with Gasteiger partial charge in [0.25, 0.3) is 0 Å². The van der Waals surface area contributed by atoms with Crippen molar-refractivity contribution in [1.82, 2.24) is 10.6 Å². The number of carbonyl (C=O) groups is 3. The summed E-state index contributed by atoms with van der Waals surface area (Å²) in [6, 6.07) is 15.2. The van der Waals surface area contributed by atoms with Crippen LogP contribution >= 0.6 is 0 Å². The lowest BCUT2D eigenvalue weighted by molar-refractivity contribution is -0.142. The molecule has 7 heteroatoms. The molecule has 2 aromatic carbocycles. The summed E-state index contributed by atoms with van der Waals surface area (Å²) >= 11 is 0. The molecule has 0 radical (unpaired) electrons. The molecular formula is C28H34N2O5. The number of nitrogens with one attached hydrogen (secondary N) is 2. The van der Waals surface area contributed by atoms with E-state index in [1.807, 2.05) is 38.1 Å². The van der Waals surface area contributed by atoms with Gasteiger partial charge in [0.2, 0.25) is 5.91 Å². The van der Waals surface area contributed by atoms with Crippen molar-refractivity contribution in [2.75, 3.05) is 13.2 Å². The number of rotatable bonds is 12. The summed E-state index contributed by atoms with van der Waals surface area (Å²) in [5, 5.41) is 14.7. The second kappa shape index (κ2) is 12.2. The fourth-order valence-electron chi connectivity index (χ4n) is 4.54. The Balaban J connectivity index is 1.59. The molecule has 2 atom stereocenters. The van der Waals surface area contributed by atoms with Gasteiger partial charge in [0.15, 0.2) is 0 Å². The molecule has 0 heterocycles. The number of carbonyl (C=O) groups excluding carboxylic acids is 2. The van der Waals surface area contributed by atoms with Crippen LogP contribution in [0.1, 0.15) is 50.2 Å². The normalized spacial score (nSPS) is 13.9. The summed E-state index contributed by atoms with van der Waals surface area (Å²) < 4.78 is 5.56. The van der Waals surface area contributed by atoms with Crippen molar-refractivity contribution < 1.29 is 24.2 Å². The first kappa shape index (κ1) is 26.0. The summed E-state index contributed by atoms with van der Waals surface area (Å²) in [4.78, 5) is 36.9. The van der Waals surface area contributed by atoms with Gasteiger partial charge in [-0.1, -0.05) is 68.5 Å². The third-order valence-corrected chi connectivity index (χ3v) is 6.24. The Kier molecular flexibility index (Phi) is 9.06. The lowest BCUT2D eigenvalue weighted by Crippen LogP contribution is -2.46. The summed E-state index contributed by atoms with van der Waals surface area (Å²) in [5.41, 5.74) is 4.54. The Labute approximate surface area is 206 Å². The molecule has 186 valence electrons. The number of hydrogen-bond acceptors (Lipinski definition) is 4. The SMILES string of the molecule is C=CCCC(NC(=O)C(CNC(=O)OCC1c2ccccc2-c2ccccc21)CC(C)C)C(=O)O. The Hall–Kier alpha value is -3.61. The molecule has 0 aliphatic heterocycles. The van der Waals surface area contributed by atoms with Gasteiger partial charge < -0.3 is 20.5 Å². The molecular weight excluding hydrogens is 444 g/mol. The van der Waals surface area contributed by atoms with Gasteiger partial charge in [-0.2, -0.15) is 0 Å². The number of amides is 2. The van der Waals surface area contributed by atoms with Crippen LogP contribution in [0.5, 0.6) is 0 Å². The zero-order valence-corrected chi connectivity index (χ0v) is 20.3. The van der Waals surface area contributed by atoms with Gasteiger partial charge in [0, 0.05) is 12.5 Å². The Morgan fingerprint density at radius 1 is 1.06 bits per heavy atom. The number of allylic oxidation sites excluding steroid dienone is 1. The number of carboxylic acid groups (broad SMARTS) is 1. The molecule has 35 heavy (non-hydrogen) atoms. The molecule has 0 aromatic heterocycles. The first-order valence-corrected chi connectivity index (χ1v) is 12.0. The van der Waals surface area contributed by atoms with E-state index in [0.717, 1.165) is 22.3 Å². The lowest BCUT2D eigenvalue weighted by atomic mass is 9.95. The van der Waals surface area contributed by atoms with Gasteiger partial charge in [-0.05, 0) is 47.4 Å². The smallest absolute Gasteiger partial charge is 0.407 e. The molecule has 2 unspecified atom stereocenters. The van der Waals surface area contributed by atoms with Crippen LogP contribution < -0.4 is 10.6 Å². The maximum Gasteiger partial charge on any atom is 0.407 e. The van der Waals surface area contributed by atoms with E-state index in [2.05, 4.69) is 41.5 Å². The number of fused-ring (bicyclic) bond motifs is 3. The van der Waals surface area contributed by atoms with E-state index in [9.17, 15) is 19.5 Å². The van der Waals surface area contributed by atoms with Crippen molar-refractivity contribution >= 4 is 18.0 Å². The average molecular weight is 479 g/mol. The quantitative estimate of drug-likeness (QED) is 0.383.